The highest BCUT2D eigenvalue weighted by atomic mass is 16.5. The van der Waals surface area contributed by atoms with Crippen LogP contribution in [0.3, 0.4) is 0 Å². The van der Waals surface area contributed by atoms with E-state index in [1.54, 1.807) is 13.8 Å². The number of carbonyl (C=O) groups excluding carboxylic acids is 2. The molecule has 2 rings (SSSR count). The molecule has 0 aliphatic carbocycles. The SMILES string of the molecule is Cc1c(C)c2c(c(C)c1NC(=O)CC(C)(C)C)C(=O)C(C)(C)O2. The van der Waals surface area contributed by atoms with Crippen molar-refractivity contribution in [2.24, 2.45) is 5.41 Å². The van der Waals surface area contributed by atoms with Gasteiger partial charge in [-0.15, -0.1) is 0 Å². The van der Waals surface area contributed by atoms with Crippen molar-refractivity contribution < 1.29 is 14.3 Å². The fourth-order valence-corrected chi connectivity index (χ4v) is 2.98. The second-order valence-electron chi connectivity index (χ2n) is 8.18. The third kappa shape index (κ3) is 3.12. The zero-order valence-corrected chi connectivity index (χ0v) is 15.4. The zero-order valence-electron chi connectivity index (χ0n) is 15.4. The first-order valence-electron chi connectivity index (χ1n) is 8.02. The Kier molecular flexibility index (Phi) is 4.08. The molecule has 0 saturated carbocycles. The van der Waals surface area contributed by atoms with Crippen LogP contribution in [-0.4, -0.2) is 17.3 Å². The molecule has 0 atom stereocenters. The summed E-state index contributed by atoms with van der Waals surface area (Å²) in [7, 11) is 0. The van der Waals surface area contributed by atoms with Gasteiger partial charge in [-0.25, -0.2) is 0 Å². The van der Waals surface area contributed by atoms with Gasteiger partial charge in [-0.1, -0.05) is 20.8 Å². The minimum absolute atomic E-state index is 0.0283. The second kappa shape index (κ2) is 5.36. The highest BCUT2D eigenvalue weighted by Crippen LogP contribution is 2.44. The Morgan fingerprint density at radius 1 is 1.09 bits per heavy atom. The van der Waals surface area contributed by atoms with Gasteiger partial charge in [0, 0.05) is 12.1 Å². The number of amides is 1. The Bertz CT molecular complexity index is 694. The summed E-state index contributed by atoms with van der Waals surface area (Å²) in [5.74, 6) is 0.594. The van der Waals surface area contributed by atoms with Gasteiger partial charge in [-0.2, -0.15) is 0 Å². The van der Waals surface area contributed by atoms with Gasteiger partial charge in [0.2, 0.25) is 11.7 Å². The largest absolute Gasteiger partial charge is 0.479 e. The minimum atomic E-state index is -0.849. The molecular weight excluding hydrogens is 290 g/mol. The van der Waals surface area contributed by atoms with Gasteiger partial charge in [0.05, 0.1) is 5.56 Å². The molecule has 23 heavy (non-hydrogen) atoms. The van der Waals surface area contributed by atoms with Crippen LogP contribution in [0.4, 0.5) is 5.69 Å². The lowest BCUT2D eigenvalue weighted by atomic mass is 9.90. The average Bonchev–Trinajstić information content (AvgIpc) is 2.62. The number of ketones is 1. The van der Waals surface area contributed by atoms with Crippen molar-refractivity contribution in [2.45, 2.75) is 67.4 Å². The van der Waals surface area contributed by atoms with Crippen molar-refractivity contribution >= 4 is 17.4 Å². The minimum Gasteiger partial charge on any atom is -0.479 e. The fraction of sp³-hybridized carbons (Fsp3) is 0.579. The normalized spacial score (nSPS) is 16.1. The van der Waals surface area contributed by atoms with E-state index >= 15 is 0 Å². The number of Topliss-reactive ketones (excluding diaryl/α,β-unsaturated/α-hetero) is 1. The van der Waals surface area contributed by atoms with Crippen LogP contribution < -0.4 is 10.1 Å². The quantitative estimate of drug-likeness (QED) is 0.882. The summed E-state index contributed by atoms with van der Waals surface area (Å²) in [6.45, 7) is 15.4. The smallest absolute Gasteiger partial charge is 0.224 e. The maximum absolute atomic E-state index is 12.6. The van der Waals surface area contributed by atoms with Crippen molar-refractivity contribution in [1.82, 2.24) is 0 Å². The van der Waals surface area contributed by atoms with Gasteiger partial charge in [0.1, 0.15) is 5.75 Å². The molecule has 4 heteroatoms. The molecule has 1 aromatic carbocycles. The number of hydrogen-bond donors (Lipinski definition) is 1. The predicted molar refractivity (Wildman–Crippen MR) is 92.4 cm³/mol. The first-order valence-corrected chi connectivity index (χ1v) is 8.02. The highest BCUT2D eigenvalue weighted by molar-refractivity contribution is 6.10. The molecule has 1 N–H and O–H groups in total. The molecule has 1 amide bonds. The van der Waals surface area contributed by atoms with Gasteiger partial charge in [0.15, 0.2) is 5.60 Å². The first kappa shape index (κ1) is 17.5. The molecule has 0 aromatic heterocycles. The maximum Gasteiger partial charge on any atom is 0.224 e. The summed E-state index contributed by atoms with van der Waals surface area (Å²) in [4.78, 5) is 25.0. The number of rotatable bonds is 2. The molecule has 1 aliphatic heterocycles. The fourth-order valence-electron chi connectivity index (χ4n) is 2.98. The number of hydrogen-bond acceptors (Lipinski definition) is 3. The van der Waals surface area contributed by atoms with Crippen molar-refractivity contribution in [2.75, 3.05) is 5.32 Å². The van der Waals surface area contributed by atoms with E-state index in [2.05, 4.69) is 5.32 Å². The van der Waals surface area contributed by atoms with Gasteiger partial charge in [0.25, 0.3) is 0 Å². The van der Waals surface area contributed by atoms with Crippen LogP contribution in [-0.2, 0) is 4.79 Å². The van der Waals surface area contributed by atoms with Gasteiger partial charge >= 0.3 is 0 Å². The molecule has 1 aliphatic rings. The second-order valence-corrected chi connectivity index (χ2v) is 8.18. The lowest BCUT2D eigenvalue weighted by molar-refractivity contribution is -0.117. The summed E-state index contributed by atoms with van der Waals surface area (Å²) < 4.78 is 5.88. The maximum atomic E-state index is 12.6. The van der Waals surface area contributed by atoms with Crippen molar-refractivity contribution in [3.63, 3.8) is 0 Å². The van der Waals surface area contributed by atoms with E-state index in [1.165, 1.54) is 0 Å². The number of fused-ring (bicyclic) bond motifs is 1. The number of benzene rings is 1. The van der Waals surface area contributed by atoms with Crippen LogP contribution in [0.5, 0.6) is 5.75 Å². The Balaban J connectivity index is 2.49. The van der Waals surface area contributed by atoms with Crippen molar-refractivity contribution in [3.05, 3.63) is 22.3 Å². The Morgan fingerprint density at radius 2 is 1.65 bits per heavy atom. The molecule has 0 fully saturated rings. The lowest BCUT2D eigenvalue weighted by Crippen LogP contribution is -2.32. The van der Waals surface area contributed by atoms with Gasteiger partial charge in [-0.3, -0.25) is 9.59 Å². The average molecular weight is 317 g/mol. The van der Waals surface area contributed by atoms with E-state index in [4.69, 9.17) is 4.74 Å². The standard InChI is InChI=1S/C19H27NO3/c1-10-11(2)16-14(17(22)19(7,8)23-16)12(3)15(10)20-13(21)9-18(4,5)6/h9H2,1-8H3,(H,20,21). The van der Waals surface area contributed by atoms with E-state index in [0.29, 0.717) is 17.7 Å². The molecule has 0 bridgehead atoms. The van der Waals surface area contributed by atoms with E-state index in [1.807, 2.05) is 41.5 Å². The third-order valence-electron chi connectivity index (χ3n) is 4.34. The Labute approximate surface area is 138 Å². The van der Waals surface area contributed by atoms with E-state index in [-0.39, 0.29) is 17.1 Å². The van der Waals surface area contributed by atoms with Crippen LogP contribution >= 0.6 is 0 Å². The molecule has 1 heterocycles. The predicted octanol–water partition coefficient (Wildman–Crippen LogP) is 4.34. The van der Waals surface area contributed by atoms with Crippen LogP contribution in [0.15, 0.2) is 0 Å². The van der Waals surface area contributed by atoms with Gasteiger partial charge < -0.3 is 10.1 Å². The van der Waals surface area contributed by atoms with Crippen molar-refractivity contribution in [1.29, 1.82) is 0 Å². The third-order valence-corrected chi connectivity index (χ3v) is 4.34. The number of nitrogens with one attached hydrogen (secondary N) is 1. The van der Waals surface area contributed by atoms with Crippen LogP contribution in [0, 0.1) is 26.2 Å². The first-order chi connectivity index (χ1) is 10.3. The molecule has 126 valence electrons. The molecule has 0 spiro atoms. The van der Waals surface area contributed by atoms with E-state index in [9.17, 15) is 9.59 Å². The summed E-state index contributed by atoms with van der Waals surface area (Å²) in [6, 6.07) is 0. The van der Waals surface area contributed by atoms with Crippen LogP contribution in [0.25, 0.3) is 0 Å². The summed E-state index contributed by atoms with van der Waals surface area (Å²) >= 11 is 0. The molecule has 0 radical (unpaired) electrons. The molecule has 0 unspecified atom stereocenters. The molecule has 0 saturated heterocycles. The Hall–Kier alpha value is -1.84. The Morgan fingerprint density at radius 3 is 2.17 bits per heavy atom. The topological polar surface area (TPSA) is 55.4 Å². The van der Waals surface area contributed by atoms with Gasteiger partial charge in [-0.05, 0) is 56.7 Å². The summed E-state index contributed by atoms with van der Waals surface area (Å²) in [5, 5.41) is 3.01. The molecule has 4 nitrogen and oxygen atoms in total. The van der Waals surface area contributed by atoms with Crippen LogP contribution in [0.2, 0.25) is 0 Å². The summed E-state index contributed by atoms with van der Waals surface area (Å²) in [5.41, 5.74) is 3.07. The highest BCUT2D eigenvalue weighted by Gasteiger charge is 2.43. The molecule has 1 aromatic rings. The van der Waals surface area contributed by atoms with Crippen LogP contribution in [0.1, 0.15) is 68.1 Å². The number of anilines is 1. The zero-order chi connectivity index (χ0) is 17.7. The summed E-state index contributed by atoms with van der Waals surface area (Å²) in [6.07, 6.45) is 0.429. The van der Waals surface area contributed by atoms with E-state index in [0.717, 1.165) is 22.4 Å². The van der Waals surface area contributed by atoms with E-state index < -0.39 is 5.60 Å². The molecular formula is C19H27NO3. The lowest BCUT2D eigenvalue weighted by Gasteiger charge is -2.21. The number of carbonyl (C=O) groups is 2. The number of ether oxygens (including phenoxy) is 1. The monoisotopic (exact) mass is 317 g/mol. The van der Waals surface area contributed by atoms with Crippen molar-refractivity contribution in [3.8, 4) is 5.75 Å².